The first kappa shape index (κ1) is 25.5. The van der Waals surface area contributed by atoms with Gasteiger partial charge in [0.25, 0.3) is 20.2 Å². The molecule has 2 N–H and O–H groups in total. The van der Waals surface area contributed by atoms with Crippen LogP contribution >= 0.6 is 0 Å². The maximum atomic E-state index is 11.7. The number of nitrogens with zero attached hydrogens (tertiary/aromatic N) is 1. The van der Waals surface area contributed by atoms with Crippen LogP contribution in [0.5, 0.6) is 0 Å². The van der Waals surface area contributed by atoms with E-state index in [4.69, 9.17) is 0 Å². The van der Waals surface area contributed by atoms with Crippen molar-refractivity contribution >= 4 is 145 Å². The van der Waals surface area contributed by atoms with Crippen molar-refractivity contribution in [2.75, 3.05) is 0 Å². The van der Waals surface area contributed by atoms with Crippen LogP contribution in [0.3, 0.4) is 0 Å². The molecule has 2 aromatic rings. The van der Waals surface area contributed by atoms with E-state index >= 15 is 0 Å². The first-order chi connectivity index (χ1) is 10.8. The second-order valence-corrected chi connectivity index (χ2v) is 9.06. The third-order valence-corrected chi connectivity index (χ3v) is 6.17. The molecule has 26 heavy (non-hydrogen) atoms. The van der Waals surface area contributed by atoms with Gasteiger partial charge in [0.1, 0.15) is 4.90 Å². The Labute approximate surface area is 237 Å². The Kier molecular flexibility index (Phi) is 8.14. The predicted octanol–water partition coefficient (Wildman–Crippen LogP) is 1.42. The van der Waals surface area contributed by atoms with Gasteiger partial charge in [-0.1, -0.05) is 19.9 Å². The Hall–Kier alpha value is 1.46. The van der Waals surface area contributed by atoms with Crippen LogP contribution < -0.4 is 0 Å². The van der Waals surface area contributed by atoms with Gasteiger partial charge in [-0.05, 0) is 36.1 Å². The zero-order valence-corrected chi connectivity index (χ0v) is 14.7. The van der Waals surface area contributed by atoms with Crippen molar-refractivity contribution < 1.29 is 25.9 Å². The van der Waals surface area contributed by atoms with Crippen LogP contribution in [0, 0.1) is 0 Å². The van der Waals surface area contributed by atoms with Crippen molar-refractivity contribution in [3.8, 4) is 0 Å². The molecule has 0 unspecified atom stereocenters. The summed E-state index contributed by atoms with van der Waals surface area (Å²) in [5, 5.41) is 0.475. The topological polar surface area (TPSA) is 121 Å². The number of fused-ring (bicyclic) bond motifs is 3. The molecule has 0 spiro atoms. The molecule has 1 aliphatic rings. The van der Waals surface area contributed by atoms with E-state index in [1.54, 1.807) is 6.07 Å². The van der Waals surface area contributed by atoms with Gasteiger partial charge in [-0.2, -0.15) is 16.8 Å². The van der Waals surface area contributed by atoms with Gasteiger partial charge in [0, 0.05) is 16.5 Å². The molecule has 7 nitrogen and oxygen atoms in total. The first-order valence-electron chi connectivity index (χ1n) is 6.95. The molecular weight excluding hydrogens is 432 g/mol. The van der Waals surface area contributed by atoms with E-state index in [-0.39, 0.29) is 108 Å². The molecule has 0 radical (unpaired) electrons. The van der Waals surface area contributed by atoms with Crippen LogP contribution in [0.1, 0.15) is 26.3 Å². The Morgan fingerprint density at radius 1 is 0.923 bits per heavy atom. The number of benzene rings is 2. The molecule has 3 rings (SSSR count). The fourth-order valence-corrected chi connectivity index (χ4v) is 4.32. The van der Waals surface area contributed by atoms with Crippen LogP contribution in [0.2, 0.25) is 0 Å². The van der Waals surface area contributed by atoms with Crippen LogP contribution in [0.25, 0.3) is 10.8 Å². The van der Waals surface area contributed by atoms with Gasteiger partial charge in [-0.15, -0.1) is 0 Å². The van der Waals surface area contributed by atoms with Gasteiger partial charge in [0.2, 0.25) is 0 Å². The molecule has 0 aliphatic carbocycles. The van der Waals surface area contributed by atoms with Crippen molar-refractivity contribution in [2.24, 2.45) is 4.99 Å². The average Bonchev–Trinajstić information content (AvgIpc) is 2.66. The maximum absolute atomic E-state index is 11.7. The average molecular weight is 450 g/mol. The van der Waals surface area contributed by atoms with E-state index in [0.717, 1.165) is 11.8 Å². The second kappa shape index (κ2) is 8.30. The molecule has 132 valence electrons. The van der Waals surface area contributed by atoms with Gasteiger partial charge in [0.05, 0.1) is 10.6 Å². The third kappa shape index (κ3) is 4.46. The predicted molar refractivity (Wildman–Crippen MR) is 104 cm³/mol. The summed E-state index contributed by atoms with van der Waals surface area (Å²) >= 11 is 0. The molecule has 0 amide bonds. The monoisotopic (exact) mass is 449 g/mol. The Morgan fingerprint density at radius 3 is 2.00 bits per heavy atom. The molecule has 1 aliphatic heterocycles. The Bertz CT molecular complexity index is 1140. The Balaban J connectivity index is 0.00000169. The molecular formula is C15H17K2NO6S2. The first-order valence-corrected chi connectivity index (χ1v) is 9.83. The Morgan fingerprint density at radius 2 is 1.50 bits per heavy atom. The van der Waals surface area contributed by atoms with Crippen molar-refractivity contribution in [1.82, 2.24) is 0 Å². The van der Waals surface area contributed by atoms with Gasteiger partial charge < -0.3 is 0 Å². The second-order valence-electron chi connectivity index (χ2n) is 6.25. The van der Waals surface area contributed by atoms with Crippen LogP contribution in [-0.2, 0) is 25.7 Å². The molecule has 11 heteroatoms. The number of hydrogen-bond acceptors (Lipinski definition) is 5. The summed E-state index contributed by atoms with van der Waals surface area (Å²) < 4.78 is 65.3. The zero-order chi connectivity index (χ0) is 18.1. The van der Waals surface area contributed by atoms with E-state index in [0.29, 0.717) is 16.6 Å². The van der Waals surface area contributed by atoms with Crippen molar-refractivity contribution in [3.05, 3.63) is 29.8 Å². The summed E-state index contributed by atoms with van der Waals surface area (Å²) in [7, 11) is -9.35. The molecule has 2 aromatic carbocycles. The molecule has 0 fully saturated rings. The van der Waals surface area contributed by atoms with E-state index < -0.39 is 35.4 Å². The van der Waals surface area contributed by atoms with E-state index in [9.17, 15) is 25.9 Å². The fraction of sp³-hybridized carbons (Fsp3) is 0.267. The quantitative estimate of drug-likeness (QED) is 0.528. The molecule has 0 atom stereocenters. The van der Waals surface area contributed by atoms with Crippen molar-refractivity contribution in [2.45, 2.75) is 36.0 Å². The van der Waals surface area contributed by atoms with E-state index in [2.05, 4.69) is 4.99 Å². The fourth-order valence-electron chi connectivity index (χ4n) is 2.98. The van der Waals surface area contributed by atoms with E-state index in [1.165, 1.54) is 12.1 Å². The number of hydrogen-bond donors (Lipinski definition) is 2. The summed E-state index contributed by atoms with van der Waals surface area (Å²) in [6.07, 6.45) is 0. The number of rotatable bonds is 2. The van der Waals surface area contributed by atoms with Crippen LogP contribution in [-0.4, -0.2) is 134 Å². The molecule has 0 bridgehead atoms. The van der Waals surface area contributed by atoms with Gasteiger partial charge in [-0.3, -0.25) is 14.1 Å². The molecule has 0 saturated heterocycles. The number of aliphatic imine (C=N–C) groups is 1. The van der Waals surface area contributed by atoms with Crippen LogP contribution in [0.4, 0.5) is 5.69 Å². The molecule has 0 aromatic heterocycles. The van der Waals surface area contributed by atoms with E-state index in [1.807, 2.05) is 20.8 Å². The summed E-state index contributed by atoms with van der Waals surface area (Å²) in [5.41, 5.74) is 1.48. The van der Waals surface area contributed by atoms with Gasteiger partial charge >= 0.3 is 103 Å². The normalized spacial score (nSPS) is 15.7. The van der Waals surface area contributed by atoms with Crippen molar-refractivity contribution in [3.63, 3.8) is 0 Å². The summed E-state index contributed by atoms with van der Waals surface area (Å²) in [6.45, 7) is 5.58. The summed E-state index contributed by atoms with van der Waals surface area (Å²) in [5.74, 6) is 0. The minimum atomic E-state index is -4.69. The minimum absolute atomic E-state index is 0. The van der Waals surface area contributed by atoms with Crippen molar-refractivity contribution in [1.29, 1.82) is 0 Å². The zero-order valence-electron chi connectivity index (χ0n) is 13.1. The van der Waals surface area contributed by atoms with Crippen LogP contribution in [0.15, 0.2) is 39.0 Å². The third-order valence-electron chi connectivity index (χ3n) is 4.44. The summed E-state index contributed by atoms with van der Waals surface area (Å²) in [4.78, 5) is 3.26. The molecule has 0 saturated carbocycles. The van der Waals surface area contributed by atoms with Gasteiger partial charge in [0.15, 0.2) is 0 Å². The molecule has 1 heterocycles. The van der Waals surface area contributed by atoms with Gasteiger partial charge in [-0.25, -0.2) is 0 Å². The summed E-state index contributed by atoms with van der Waals surface area (Å²) in [6, 6.07) is 5.03. The standard InChI is InChI=1S/C15H15NO6S2.2K.2H/c1-8-15(2,3)14-11-6-9(23(17,18)19)7-13(24(20,21)22)10(11)4-5-12(14)16-8;;;;/h4-7H,1-3H3,(H,17,18,19)(H,20,21,22);;;;. The SMILES string of the molecule is CC1=Nc2ccc3c(S(=O)(=O)O)cc(S(=O)(=O)O)cc3c2C1(C)C.[KH].[KH].